The Hall–Kier alpha value is -0.450. The van der Waals surface area contributed by atoms with Gasteiger partial charge in [0.2, 0.25) is 0 Å². The van der Waals surface area contributed by atoms with Gasteiger partial charge in [0.25, 0.3) is 0 Å². The molecule has 0 rings (SSSR count). The topological polar surface area (TPSA) is 55.8 Å². The number of aliphatic hydroxyl groups is 1. The number of hydrogen-bond acceptors (Lipinski definition) is 4. The fourth-order valence-electron chi connectivity index (χ4n) is 0.765. The van der Waals surface area contributed by atoms with Crippen LogP contribution in [0.5, 0.6) is 0 Å². The monoisotopic (exact) mass is 190 g/mol. The highest BCUT2D eigenvalue weighted by atomic mass is 16.5. The lowest BCUT2D eigenvalue weighted by molar-refractivity contribution is -0.108. The quantitative estimate of drug-likeness (QED) is 0.400. The Balaban J connectivity index is 2.79. The molecular weight excluding hydrogens is 172 g/mol. The molecule has 13 heavy (non-hydrogen) atoms. The molecule has 0 amide bonds. The Morgan fingerprint density at radius 1 is 1.00 bits per heavy atom. The highest BCUT2D eigenvalue weighted by molar-refractivity contribution is 5.49. The van der Waals surface area contributed by atoms with Crippen molar-refractivity contribution in [3.8, 4) is 0 Å². The van der Waals surface area contributed by atoms with Gasteiger partial charge in [-0.15, -0.1) is 0 Å². The minimum absolute atomic E-state index is 0.176. The maximum Gasteiger partial charge on any atom is 0.122 e. The molecule has 0 fully saturated rings. The summed E-state index contributed by atoms with van der Waals surface area (Å²) >= 11 is 0. The Kier molecular flexibility index (Phi) is 11.2. The summed E-state index contributed by atoms with van der Waals surface area (Å²) in [6.07, 6.45) is 2.83. The van der Waals surface area contributed by atoms with E-state index in [0.29, 0.717) is 39.3 Å². The van der Waals surface area contributed by atoms with Crippen molar-refractivity contribution in [2.24, 2.45) is 0 Å². The predicted molar refractivity (Wildman–Crippen MR) is 48.6 cm³/mol. The van der Waals surface area contributed by atoms with Gasteiger partial charge in [-0.05, 0) is 12.8 Å². The lowest BCUT2D eigenvalue weighted by Crippen LogP contribution is -2.04. The van der Waals surface area contributed by atoms with Crippen LogP contribution in [0.25, 0.3) is 0 Å². The number of rotatable bonds is 10. The molecule has 0 bridgehead atoms. The summed E-state index contributed by atoms with van der Waals surface area (Å²) in [5, 5.41) is 8.43. The highest BCUT2D eigenvalue weighted by Gasteiger charge is 1.90. The van der Waals surface area contributed by atoms with Gasteiger partial charge < -0.3 is 19.4 Å². The molecule has 0 aliphatic heterocycles. The first-order chi connectivity index (χ1) is 6.41. The number of aldehydes is 1. The van der Waals surface area contributed by atoms with Gasteiger partial charge in [-0.1, -0.05) is 0 Å². The van der Waals surface area contributed by atoms with E-state index >= 15 is 0 Å². The molecule has 4 heteroatoms. The summed E-state index contributed by atoms with van der Waals surface area (Å²) < 4.78 is 10.3. The lowest BCUT2D eigenvalue weighted by Gasteiger charge is -2.03. The largest absolute Gasteiger partial charge is 0.396 e. The van der Waals surface area contributed by atoms with Crippen LogP contribution in [-0.4, -0.2) is 44.4 Å². The van der Waals surface area contributed by atoms with E-state index < -0.39 is 0 Å². The fourth-order valence-corrected chi connectivity index (χ4v) is 0.765. The SMILES string of the molecule is O=CCCOCCCOCCCO. The molecule has 0 aliphatic carbocycles. The minimum Gasteiger partial charge on any atom is -0.396 e. The van der Waals surface area contributed by atoms with Gasteiger partial charge in [-0.25, -0.2) is 0 Å². The van der Waals surface area contributed by atoms with Crippen LogP contribution >= 0.6 is 0 Å². The number of hydrogen-bond donors (Lipinski definition) is 1. The third-order valence-electron chi connectivity index (χ3n) is 1.40. The Labute approximate surface area is 78.8 Å². The normalized spacial score (nSPS) is 10.2. The van der Waals surface area contributed by atoms with E-state index in [0.717, 1.165) is 12.7 Å². The molecule has 0 aromatic carbocycles. The van der Waals surface area contributed by atoms with Crippen LogP contribution in [-0.2, 0) is 14.3 Å². The van der Waals surface area contributed by atoms with Gasteiger partial charge in [0, 0.05) is 32.8 Å². The van der Waals surface area contributed by atoms with Crippen molar-refractivity contribution >= 4 is 6.29 Å². The first-order valence-corrected chi connectivity index (χ1v) is 4.61. The molecule has 0 radical (unpaired) electrons. The molecule has 0 atom stereocenters. The zero-order valence-corrected chi connectivity index (χ0v) is 7.91. The van der Waals surface area contributed by atoms with E-state index in [1.165, 1.54) is 0 Å². The maximum atomic E-state index is 9.88. The average molecular weight is 190 g/mol. The van der Waals surface area contributed by atoms with Crippen molar-refractivity contribution in [1.82, 2.24) is 0 Å². The van der Waals surface area contributed by atoms with Gasteiger partial charge >= 0.3 is 0 Å². The second kappa shape index (κ2) is 11.6. The van der Waals surface area contributed by atoms with Crippen LogP contribution < -0.4 is 0 Å². The van der Waals surface area contributed by atoms with Crippen LogP contribution in [0, 0.1) is 0 Å². The molecular formula is C9H18O4. The van der Waals surface area contributed by atoms with E-state index in [9.17, 15) is 4.79 Å². The second-order valence-corrected chi connectivity index (χ2v) is 2.61. The first kappa shape index (κ1) is 12.6. The zero-order chi connectivity index (χ0) is 9.78. The second-order valence-electron chi connectivity index (χ2n) is 2.61. The maximum absolute atomic E-state index is 9.88. The average Bonchev–Trinajstić information content (AvgIpc) is 2.16. The molecule has 0 spiro atoms. The van der Waals surface area contributed by atoms with E-state index in [-0.39, 0.29) is 6.61 Å². The van der Waals surface area contributed by atoms with Crippen molar-refractivity contribution in [1.29, 1.82) is 0 Å². The van der Waals surface area contributed by atoms with Gasteiger partial charge in [0.05, 0.1) is 6.61 Å². The van der Waals surface area contributed by atoms with Crippen LogP contribution in [0.15, 0.2) is 0 Å². The molecule has 0 heterocycles. The van der Waals surface area contributed by atoms with Crippen molar-refractivity contribution in [3.63, 3.8) is 0 Å². The van der Waals surface area contributed by atoms with Crippen LogP contribution in [0.1, 0.15) is 19.3 Å². The van der Waals surface area contributed by atoms with Gasteiger partial charge in [-0.3, -0.25) is 0 Å². The van der Waals surface area contributed by atoms with Crippen molar-refractivity contribution in [2.45, 2.75) is 19.3 Å². The van der Waals surface area contributed by atoms with Gasteiger partial charge in [0.1, 0.15) is 6.29 Å². The molecule has 0 aliphatic rings. The number of ether oxygens (including phenoxy) is 2. The summed E-state index contributed by atoms with van der Waals surface area (Å²) in [4.78, 5) is 9.88. The van der Waals surface area contributed by atoms with Crippen molar-refractivity contribution in [2.75, 3.05) is 33.0 Å². The molecule has 1 N–H and O–H groups in total. The van der Waals surface area contributed by atoms with Crippen LogP contribution in [0.4, 0.5) is 0 Å². The molecule has 78 valence electrons. The molecule has 4 nitrogen and oxygen atoms in total. The molecule has 0 saturated carbocycles. The number of aliphatic hydroxyl groups excluding tert-OH is 1. The standard InChI is InChI=1S/C9H18O4/c10-4-1-6-12-8-3-9-13-7-2-5-11/h4,11H,1-3,5-9H2. The third-order valence-corrected chi connectivity index (χ3v) is 1.40. The van der Waals surface area contributed by atoms with Crippen LogP contribution in [0.2, 0.25) is 0 Å². The molecule has 0 aromatic heterocycles. The van der Waals surface area contributed by atoms with Crippen molar-refractivity contribution < 1.29 is 19.4 Å². The summed E-state index contributed by atoms with van der Waals surface area (Å²) in [6.45, 7) is 2.56. The van der Waals surface area contributed by atoms with E-state index in [1.807, 2.05) is 0 Å². The zero-order valence-electron chi connectivity index (χ0n) is 7.91. The minimum atomic E-state index is 0.176. The van der Waals surface area contributed by atoms with E-state index in [4.69, 9.17) is 14.6 Å². The Bertz CT molecular complexity index is 106. The highest BCUT2D eigenvalue weighted by Crippen LogP contribution is 1.87. The Morgan fingerprint density at radius 3 is 2.23 bits per heavy atom. The van der Waals surface area contributed by atoms with Gasteiger partial charge in [0.15, 0.2) is 0 Å². The fraction of sp³-hybridized carbons (Fsp3) is 0.889. The smallest absolute Gasteiger partial charge is 0.122 e. The van der Waals surface area contributed by atoms with Crippen LogP contribution in [0.3, 0.4) is 0 Å². The Morgan fingerprint density at radius 2 is 1.62 bits per heavy atom. The number of carbonyl (C=O) groups excluding carboxylic acids is 1. The number of carbonyl (C=O) groups is 1. The first-order valence-electron chi connectivity index (χ1n) is 4.61. The molecule has 0 unspecified atom stereocenters. The summed E-state index contributed by atoms with van der Waals surface area (Å²) in [5.74, 6) is 0. The van der Waals surface area contributed by atoms with E-state index in [1.54, 1.807) is 0 Å². The van der Waals surface area contributed by atoms with Gasteiger partial charge in [-0.2, -0.15) is 0 Å². The summed E-state index contributed by atoms with van der Waals surface area (Å²) in [6, 6.07) is 0. The predicted octanol–water partition coefficient (Wildman–Crippen LogP) is 0.381. The van der Waals surface area contributed by atoms with E-state index in [2.05, 4.69) is 0 Å². The molecule has 0 aromatic rings. The summed E-state index contributed by atoms with van der Waals surface area (Å²) in [7, 11) is 0. The lowest BCUT2D eigenvalue weighted by atomic mass is 10.4. The third kappa shape index (κ3) is 11.5. The van der Waals surface area contributed by atoms with Crippen molar-refractivity contribution in [3.05, 3.63) is 0 Å². The molecule has 0 saturated heterocycles. The summed E-state index contributed by atoms with van der Waals surface area (Å²) in [5.41, 5.74) is 0.